The van der Waals surface area contributed by atoms with Crippen molar-refractivity contribution in [3.8, 4) is 5.75 Å². The third kappa shape index (κ3) is 2.87. The van der Waals surface area contributed by atoms with Gasteiger partial charge in [-0.15, -0.1) is 0 Å². The highest BCUT2D eigenvalue weighted by Crippen LogP contribution is 2.33. The van der Waals surface area contributed by atoms with E-state index in [4.69, 9.17) is 27.9 Å². The number of ether oxygens (including phenoxy) is 1. The minimum Gasteiger partial charge on any atom is -0.495 e. The summed E-state index contributed by atoms with van der Waals surface area (Å²) >= 11 is 12.3. The molecule has 0 bridgehead atoms. The van der Waals surface area contributed by atoms with E-state index in [1.807, 2.05) is 47.3 Å². The highest BCUT2D eigenvalue weighted by Gasteiger charge is 2.21. The minimum absolute atomic E-state index is 0.156. The fourth-order valence-corrected chi connectivity index (χ4v) is 4.08. The number of aromatic nitrogens is 3. The monoisotopic (exact) mass is 413 g/mol. The standard InChI is InChI=1S/C21H17Cl2N3O2/c1-12-19(21-25(2)16-6-4-5-7-17(16)26(21)24-12)18(27)9-8-13-10-14(22)11-15(23)20(13)28-3/h4-11H,1-3H3. The molecule has 0 spiro atoms. The average molecular weight is 414 g/mol. The molecule has 0 aliphatic rings. The normalized spacial score (nSPS) is 11.8. The van der Waals surface area contributed by atoms with E-state index in [0.717, 1.165) is 16.7 Å². The quantitative estimate of drug-likeness (QED) is 0.334. The smallest absolute Gasteiger partial charge is 0.191 e. The van der Waals surface area contributed by atoms with E-state index in [9.17, 15) is 4.79 Å². The van der Waals surface area contributed by atoms with Gasteiger partial charge in [-0.2, -0.15) is 5.10 Å². The van der Waals surface area contributed by atoms with Gasteiger partial charge in [0.05, 0.1) is 34.4 Å². The number of para-hydroxylation sites is 2. The third-order valence-corrected chi connectivity index (χ3v) is 5.23. The Morgan fingerprint density at radius 3 is 2.61 bits per heavy atom. The van der Waals surface area contributed by atoms with E-state index in [-0.39, 0.29) is 5.78 Å². The second-order valence-electron chi connectivity index (χ2n) is 6.45. The number of imidazole rings is 1. The molecule has 0 fully saturated rings. The largest absolute Gasteiger partial charge is 0.495 e. The van der Waals surface area contributed by atoms with E-state index in [1.165, 1.54) is 13.2 Å². The van der Waals surface area contributed by atoms with Crippen LogP contribution < -0.4 is 4.74 Å². The summed E-state index contributed by atoms with van der Waals surface area (Å²) < 4.78 is 9.12. The van der Waals surface area contributed by atoms with Crippen molar-refractivity contribution in [1.82, 2.24) is 14.2 Å². The maximum Gasteiger partial charge on any atom is 0.191 e. The van der Waals surface area contributed by atoms with Crippen LogP contribution in [0.2, 0.25) is 10.0 Å². The molecule has 0 atom stereocenters. The SMILES string of the molecule is COc1c(Cl)cc(Cl)cc1C=CC(=O)c1c(C)nn2c3ccccc3n(C)c12. The molecule has 2 aromatic carbocycles. The van der Waals surface area contributed by atoms with Gasteiger partial charge in [-0.3, -0.25) is 4.79 Å². The number of halogens is 2. The van der Waals surface area contributed by atoms with Crippen LogP contribution in [0.3, 0.4) is 0 Å². The predicted octanol–water partition coefficient (Wildman–Crippen LogP) is 5.35. The Bertz CT molecular complexity index is 1270. The number of benzene rings is 2. The lowest BCUT2D eigenvalue weighted by molar-refractivity contribution is 0.104. The Labute approximate surface area is 171 Å². The molecule has 0 aliphatic heterocycles. The molecule has 5 nitrogen and oxygen atoms in total. The topological polar surface area (TPSA) is 48.5 Å². The van der Waals surface area contributed by atoms with Crippen molar-refractivity contribution < 1.29 is 9.53 Å². The molecule has 0 saturated heterocycles. The summed E-state index contributed by atoms with van der Waals surface area (Å²) in [6.07, 6.45) is 3.15. The van der Waals surface area contributed by atoms with Crippen LogP contribution in [0.4, 0.5) is 0 Å². The lowest BCUT2D eigenvalue weighted by Crippen LogP contribution is -2.00. The summed E-state index contributed by atoms with van der Waals surface area (Å²) in [7, 11) is 3.45. The van der Waals surface area contributed by atoms with Gasteiger partial charge >= 0.3 is 0 Å². The van der Waals surface area contributed by atoms with Crippen LogP contribution in [0.15, 0.2) is 42.5 Å². The Hall–Kier alpha value is -2.76. The Kier molecular flexibility index (Phi) is 4.65. The molecule has 4 rings (SSSR count). The number of fused-ring (bicyclic) bond motifs is 3. The Morgan fingerprint density at radius 2 is 1.89 bits per heavy atom. The molecule has 0 unspecified atom stereocenters. The van der Waals surface area contributed by atoms with Crippen molar-refractivity contribution in [2.75, 3.05) is 7.11 Å². The molecule has 2 heterocycles. The number of ketones is 1. The molecule has 142 valence electrons. The van der Waals surface area contributed by atoms with Gasteiger partial charge in [0, 0.05) is 17.6 Å². The first-order valence-electron chi connectivity index (χ1n) is 8.60. The van der Waals surface area contributed by atoms with Gasteiger partial charge < -0.3 is 9.30 Å². The lowest BCUT2D eigenvalue weighted by atomic mass is 10.1. The van der Waals surface area contributed by atoms with Crippen molar-refractivity contribution in [1.29, 1.82) is 0 Å². The van der Waals surface area contributed by atoms with Gasteiger partial charge in [0.2, 0.25) is 0 Å². The molecule has 7 heteroatoms. The number of nitrogens with zero attached hydrogens (tertiary/aromatic N) is 3. The number of rotatable bonds is 4. The van der Waals surface area contributed by atoms with Crippen LogP contribution in [-0.4, -0.2) is 27.1 Å². The molecule has 0 radical (unpaired) electrons. The molecule has 4 aromatic rings. The fraction of sp³-hybridized carbons (Fsp3) is 0.143. The molecule has 0 saturated carbocycles. The van der Waals surface area contributed by atoms with Gasteiger partial charge in [-0.05, 0) is 43.3 Å². The van der Waals surface area contributed by atoms with Crippen LogP contribution in [0, 0.1) is 6.92 Å². The summed E-state index contributed by atoms with van der Waals surface area (Å²) in [4.78, 5) is 13.1. The van der Waals surface area contributed by atoms with Gasteiger partial charge in [0.15, 0.2) is 5.78 Å². The van der Waals surface area contributed by atoms with E-state index in [1.54, 1.807) is 18.2 Å². The van der Waals surface area contributed by atoms with Crippen molar-refractivity contribution >= 4 is 51.7 Å². The van der Waals surface area contributed by atoms with E-state index in [0.29, 0.717) is 32.6 Å². The number of hydrogen-bond donors (Lipinski definition) is 0. The van der Waals surface area contributed by atoms with Crippen molar-refractivity contribution in [3.05, 3.63) is 69.3 Å². The number of hydrogen-bond acceptors (Lipinski definition) is 3. The van der Waals surface area contributed by atoms with Crippen LogP contribution in [0.25, 0.3) is 22.8 Å². The maximum absolute atomic E-state index is 13.1. The molecule has 0 aliphatic carbocycles. The average Bonchev–Trinajstić information content (AvgIpc) is 3.14. The van der Waals surface area contributed by atoms with Crippen LogP contribution in [0.1, 0.15) is 21.6 Å². The predicted molar refractivity (Wildman–Crippen MR) is 113 cm³/mol. The second kappa shape index (κ2) is 7.00. The van der Waals surface area contributed by atoms with Gasteiger partial charge in [0.25, 0.3) is 0 Å². The summed E-state index contributed by atoms with van der Waals surface area (Å²) in [5.41, 5.74) is 4.57. The number of allylic oxidation sites excluding steroid dienone is 1. The second-order valence-corrected chi connectivity index (χ2v) is 7.29. The number of aryl methyl sites for hydroxylation is 2. The molecule has 28 heavy (non-hydrogen) atoms. The zero-order chi connectivity index (χ0) is 20.0. The summed E-state index contributed by atoms with van der Waals surface area (Å²) in [6, 6.07) is 11.2. The minimum atomic E-state index is -0.156. The molecular weight excluding hydrogens is 397 g/mol. The number of methoxy groups -OCH3 is 1. The number of carbonyl (C=O) groups is 1. The maximum atomic E-state index is 13.1. The molecular formula is C21H17Cl2N3O2. The first kappa shape index (κ1) is 18.6. The third-order valence-electron chi connectivity index (χ3n) is 4.73. The molecule has 0 N–H and O–H groups in total. The Balaban J connectivity index is 1.82. The summed E-state index contributed by atoms with van der Waals surface area (Å²) in [6.45, 7) is 1.83. The van der Waals surface area contributed by atoms with Crippen molar-refractivity contribution in [2.24, 2.45) is 7.05 Å². The zero-order valence-electron chi connectivity index (χ0n) is 15.5. The fourth-order valence-electron chi connectivity index (χ4n) is 3.49. The van der Waals surface area contributed by atoms with Gasteiger partial charge in [0.1, 0.15) is 11.4 Å². The Morgan fingerprint density at radius 1 is 1.18 bits per heavy atom. The highest BCUT2D eigenvalue weighted by molar-refractivity contribution is 6.36. The lowest BCUT2D eigenvalue weighted by Gasteiger charge is -2.07. The molecule has 0 amide bonds. The molecule has 2 aromatic heterocycles. The van der Waals surface area contributed by atoms with E-state index >= 15 is 0 Å². The first-order valence-corrected chi connectivity index (χ1v) is 9.36. The highest BCUT2D eigenvalue weighted by atomic mass is 35.5. The van der Waals surface area contributed by atoms with E-state index in [2.05, 4.69) is 5.10 Å². The number of carbonyl (C=O) groups excluding carboxylic acids is 1. The van der Waals surface area contributed by atoms with Crippen LogP contribution >= 0.6 is 23.2 Å². The van der Waals surface area contributed by atoms with Crippen LogP contribution in [-0.2, 0) is 7.05 Å². The van der Waals surface area contributed by atoms with Crippen molar-refractivity contribution in [3.63, 3.8) is 0 Å². The van der Waals surface area contributed by atoms with E-state index < -0.39 is 0 Å². The van der Waals surface area contributed by atoms with Crippen LogP contribution in [0.5, 0.6) is 5.75 Å². The van der Waals surface area contributed by atoms with Crippen molar-refractivity contribution in [2.45, 2.75) is 6.92 Å². The summed E-state index contributed by atoms with van der Waals surface area (Å²) in [5, 5.41) is 5.43. The zero-order valence-corrected chi connectivity index (χ0v) is 17.0. The summed E-state index contributed by atoms with van der Waals surface area (Å²) in [5.74, 6) is 0.313. The van der Waals surface area contributed by atoms with Gasteiger partial charge in [-0.25, -0.2) is 4.52 Å². The van der Waals surface area contributed by atoms with Gasteiger partial charge in [-0.1, -0.05) is 35.3 Å². The first-order chi connectivity index (χ1) is 13.4.